The number of carbonyl (C=O) groups excluding carboxylic acids is 2. The summed E-state index contributed by atoms with van der Waals surface area (Å²) in [5.41, 5.74) is -1.21. The Morgan fingerprint density at radius 2 is 0.810 bits per heavy atom. The summed E-state index contributed by atoms with van der Waals surface area (Å²) < 4.78 is 0. The fourth-order valence-electron chi connectivity index (χ4n) is 3.84. The lowest BCUT2D eigenvalue weighted by Gasteiger charge is -2.09. The number of non-ortho nitro benzene ring substituents is 2. The maximum atomic E-state index is 12.6. The lowest BCUT2D eigenvalue weighted by molar-refractivity contribution is -0.394. The molecular weight excluding hydrogens is 556 g/mol. The summed E-state index contributed by atoms with van der Waals surface area (Å²) in [6, 6.07) is 18.1. The van der Waals surface area contributed by atoms with Crippen LogP contribution < -0.4 is 10.6 Å². The Morgan fingerprint density at radius 3 is 1.10 bits per heavy atom. The average molecular weight is 572 g/mol. The van der Waals surface area contributed by atoms with Gasteiger partial charge in [0, 0.05) is 23.5 Å². The van der Waals surface area contributed by atoms with Gasteiger partial charge in [0.25, 0.3) is 34.6 Å². The molecule has 210 valence electrons. The lowest BCUT2D eigenvalue weighted by Crippen LogP contribution is -2.14. The number of rotatable bonds is 9. The normalized spacial score (nSPS) is 10.4. The maximum absolute atomic E-state index is 12.6. The van der Waals surface area contributed by atoms with Crippen molar-refractivity contribution in [1.29, 1.82) is 0 Å². The van der Waals surface area contributed by atoms with E-state index in [9.17, 15) is 50.0 Å². The third-order valence-corrected chi connectivity index (χ3v) is 5.89. The van der Waals surface area contributed by atoms with Gasteiger partial charge in [0.1, 0.15) is 11.1 Å². The summed E-state index contributed by atoms with van der Waals surface area (Å²) in [6.07, 6.45) is 0. The number of carbonyl (C=O) groups is 2. The molecule has 42 heavy (non-hydrogen) atoms. The summed E-state index contributed by atoms with van der Waals surface area (Å²) in [6.45, 7) is 0. The van der Waals surface area contributed by atoms with Crippen molar-refractivity contribution in [3.63, 3.8) is 0 Å². The molecule has 16 heteroatoms. The van der Waals surface area contributed by atoms with E-state index in [1.807, 2.05) is 0 Å². The van der Waals surface area contributed by atoms with E-state index in [-0.39, 0.29) is 11.1 Å². The molecule has 2 N–H and O–H groups in total. The van der Waals surface area contributed by atoms with Gasteiger partial charge in [-0.1, -0.05) is 24.3 Å². The fourth-order valence-corrected chi connectivity index (χ4v) is 3.84. The number of nitrogens with zero attached hydrogens (tertiary/aromatic N) is 4. The van der Waals surface area contributed by atoms with Crippen LogP contribution in [0.1, 0.15) is 20.7 Å². The summed E-state index contributed by atoms with van der Waals surface area (Å²) >= 11 is 0. The molecule has 2 amide bonds. The van der Waals surface area contributed by atoms with E-state index in [2.05, 4.69) is 10.6 Å². The number of nitro groups is 4. The van der Waals surface area contributed by atoms with E-state index in [1.165, 1.54) is 24.3 Å². The molecule has 4 aromatic carbocycles. The van der Waals surface area contributed by atoms with Crippen LogP contribution in [-0.4, -0.2) is 31.5 Å². The molecule has 0 atom stereocenters. The first-order valence-corrected chi connectivity index (χ1v) is 11.6. The SMILES string of the molecule is O=C(Nc1ccc(-c2ccc(NC(=O)c3ccc([N+](=O)[O-])cc3[N+](=O)[O-])cc2)cc1)c1ccc([N+](=O)[O-])cc1[N+](=O)[O-]. The molecule has 16 nitrogen and oxygen atoms in total. The minimum absolute atomic E-state index is 0.296. The average Bonchev–Trinajstić information content (AvgIpc) is 2.97. The predicted octanol–water partition coefficient (Wildman–Crippen LogP) is 5.49. The van der Waals surface area contributed by atoms with Crippen molar-refractivity contribution < 1.29 is 29.3 Å². The number of nitro benzene ring substituents is 4. The topological polar surface area (TPSA) is 231 Å². The smallest absolute Gasteiger partial charge is 0.289 e. The van der Waals surface area contributed by atoms with Gasteiger partial charge in [-0.2, -0.15) is 0 Å². The number of benzene rings is 4. The summed E-state index contributed by atoms with van der Waals surface area (Å²) in [7, 11) is 0. The second-order valence-electron chi connectivity index (χ2n) is 8.49. The molecule has 0 aromatic heterocycles. The van der Waals surface area contributed by atoms with E-state index in [4.69, 9.17) is 0 Å². The van der Waals surface area contributed by atoms with E-state index in [0.717, 1.165) is 24.3 Å². The van der Waals surface area contributed by atoms with Gasteiger partial charge in [-0.25, -0.2) is 0 Å². The van der Waals surface area contributed by atoms with Crippen LogP contribution in [0.3, 0.4) is 0 Å². The molecule has 0 unspecified atom stereocenters. The molecule has 4 aromatic rings. The van der Waals surface area contributed by atoms with Crippen molar-refractivity contribution in [3.05, 3.63) is 137 Å². The molecule has 0 aliphatic carbocycles. The van der Waals surface area contributed by atoms with E-state index >= 15 is 0 Å². The van der Waals surface area contributed by atoms with Gasteiger partial charge in [-0.05, 0) is 47.5 Å². The molecule has 0 fully saturated rings. The van der Waals surface area contributed by atoms with Crippen LogP contribution in [0, 0.1) is 40.5 Å². The predicted molar refractivity (Wildman–Crippen MR) is 147 cm³/mol. The first-order chi connectivity index (χ1) is 19.9. The first-order valence-electron chi connectivity index (χ1n) is 11.6. The van der Waals surface area contributed by atoms with Crippen molar-refractivity contribution in [2.24, 2.45) is 0 Å². The van der Waals surface area contributed by atoms with Gasteiger partial charge in [-0.15, -0.1) is 0 Å². The Balaban J connectivity index is 1.46. The molecule has 0 heterocycles. The number of nitrogens with one attached hydrogen (secondary N) is 2. The molecule has 0 bridgehead atoms. The summed E-state index contributed by atoms with van der Waals surface area (Å²) in [4.78, 5) is 66.3. The standard InChI is InChI=1S/C26H16N6O10/c33-25(21-11-9-19(29(35)36)13-23(21)31(39)40)27-17-5-1-15(2-6-17)16-3-7-18(8-4-16)28-26(34)22-12-10-20(30(37)38)14-24(22)32(41)42/h1-14H,(H,27,33)(H,28,34). The molecule has 0 aliphatic rings. The van der Waals surface area contributed by atoms with Crippen molar-refractivity contribution in [2.45, 2.75) is 0 Å². The Bertz CT molecular complexity index is 1640. The second-order valence-corrected chi connectivity index (χ2v) is 8.49. The highest BCUT2D eigenvalue weighted by molar-refractivity contribution is 6.08. The molecule has 0 saturated carbocycles. The second kappa shape index (κ2) is 11.7. The van der Waals surface area contributed by atoms with E-state index in [0.29, 0.717) is 34.6 Å². The monoisotopic (exact) mass is 572 g/mol. The minimum Gasteiger partial charge on any atom is -0.322 e. The molecule has 4 rings (SSSR count). The fraction of sp³-hybridized carbons (Fsp3) is 0. The highest BCUT2D eigenvalue weighted by Crippen LogP contribution is 2.28. The number of hydrogen-bond donors (Lipinski definition) is 2. The van der Waals surface area contributed by atoms with Gasteiger partial charge in [0.05, 0.1) is 31.8 Å². The van der Waals surface area contributed by atoms with Gasteiger partial charge in [0.2, 0.25) is 0 Å². The maximum Gasteiger partial charge on any atom is 0.289 e. The van der Waals surface area contributed by atoms with Crippen LogP contribution in [0.2, 0.25) is 0 Å². The van der Waals surface area contributed by atoms with Crippen molar-refractivity contribution >= 4 is 45.9 Å². The molecule has 0 radical (unpaired) electrons. The molecule has 0 saturated heterocycles. The van der Waals surface area contributed by atoms with Crippen LogP contribution in [0.25, 0.3) is 11.1 Å². The van der Waals surface area contributed by atoms with E-state index < -0.39 is 54.3 Å². The van der Waals surface area contributed by atoms with E-state index in [1.54, 1.807) is 24.3 Å². The summed E-state index contributed by atoms with van der Waals surface area (Å²) in [5.74, 6) is -1.67. The van der Waals surface area contributed by atoms with Crippen LogP contribution >= 0.6 is 0 Å². The molecular formula is C26H16N6O10. The number of anilines is 2. The zero-order chi connectivity index (χ0) is 30.6. The molecule has 0 aliphatic heterocycles. The van der Waals surface area contributed by atoms with Crippen molar-refractivity contribution in [2.75, 3.05) is 10.6 Å². The highest BCUT2D eigenvalue weighted by Gasteiger charge is 2.25. The number of amides is 2. The quantitative estimate of drug-likeness (QED) is 0.189. The minimum atomic E-state index is -0.885. The Labute approximate surface area is 233 Å². The van der Waals surface area contributed by atoms with Gasteiger partial charge < -0.3 is 10.6 Å². The van der Waals surface area contributed by atoms with Crippen molar-refractivity contribution in [3.8, 4) is 11.1 Å². The largest absolute Gasteiger partial charge is 0.322 e. The van der Waals surface area contributed by atoms with Crippen molar-refractivity contribution in [1.82, 2.24) is 0 Å². The van der Waals surface area contributed by atoms with Crippen LogP contribution in [0.5, 0.6) is 0 Å². The zero-order valence-corrected chi connectivity index (χ0v) is 21.0. The Kier molecular flexibility index (Phi) is 7.89. The Morgan fingerprint density at radius 1 is 0.476 bits per heavy atom. The Hall–Kier alpha value is -6.58. The van der Waals surface area contributed by atoms with Gasteiger partial charge >= 0.3 is 0 Å². The van der Waals surface area contributed by atoms with Crippen LogP contribution in [0.4, 0.5) is 34.1 Å². The van der Waals surface area contributed by atoms with Gasteiger partial charge in [0.15, 0.2) is 0 Å². The third kappa shape index (κ3) is 6.18. The molecule has 0 spiro atoms. The number of hydrogen-bond acceptors (Lipinski definition) is 10. The lowest BCUT2D eigenvalue weighted by atomic mass is 10.0. The third-order valence-electron chi connectivity index (χ3n) is 5.89. The van der Waals surface area contributed by atoms with Crippen LogP contribution in [0.15, 0.2) is 84.9 Å². The van der Waals surface area contributed by atoms with Gasteiger partial charge in [-0.3, -0.25) is 50.0 Å². The van der Waals surface area contributed by atoms with Crippen LogP contribution in [-0.2, 0) is 0 Å². The summed E-state index contributed by atoms with van der Waals surface area (Å²) in [5, 5.41) is 49.5. The zero-order valence-electron chi connectivity index (χ0n) is 21.0. The highest BCUT2D eigenvalue weighted by atomic mass is 16.6. The first kappa shape index (κ1) is 28.4.